The molecule has 0 unspecified atom stereocenters. The third-order valence-corrected chi connectivity index (χ3v) is 6.27. The molecule has 1 saturated heterocycles. The van der Waals surface area contributed by atoms with Gasteiger partial charge in [0.05, 0.1) is 11.9 Å². The molecule has 1 aromatic carbocycles. The maximum Gasteiger partial charge on any atom is 0.255 e. The fourth-order valence-electron chi connectivity index (χ4n) is 4.42. The molecule has 2 aromatic rings. The molecule has 1 aliphatic carbocycles. The lowest BCUT2D eigenvalue weighted by molar-refractivity contribution is 0.0750. The van der Waals surface area contributed by atoms with Gasteiger partial charge in [0, 0.05) is 49.0 Å². The summed E-state index contributed by atoms with van der Waals surface area (Å²) < 4.78 is 6.26. The average Bonchev–Trinajstić information content (AvgIpc) is 3.44. The van der Waals surface area contributed by atoms with Crippen molar-refractivity contribution in [1.29, 1.82) is 0 Å². The number of carbonyl (C=O) groups excluding carboxylic acids is 1. The van der Waals surface area contributed by atoms with Crippen molar-refractivity contribution in [3.63, 3.8) is 0 Å². The van der Waals surface area contributed by atoms with Gasteiger partial charge in [-0.25, -0.2) is 4.98 Å². The molecular weight excluding hydrogens is 388 g/mol. The SMILES string of the molecule is O=C(NCCc1cnc[nH]1)c1cc(Cl)ccc1OC1CCN(C2CCCC2)CC1. The minimum absolute atomic E-state index is 0.144. The maximum atomic E-state index is 12.7. The van der Waals surface area contributed by atoms with Crippen molar-refractivity contribution in [3.8, 4) is 5.75 Å². The van der Waals surface area contributed by atoms with Crippen molar-refractivity contribution in [2.24, 2.45) is 0 Å². The molecule has 6 nitrogen and oxygen atoms in total. The van der Waals surface area contributed by atoms with Crippen LogP contribution < -0.4 is 10.1 Å². The van der Waals surface area contributed by atoms with Gasteiger partial charge in [0.25, 0.3) is 5.91 Å². The van der Waals surface area contributed by atoms with E-state index in [0.717, 1.165) is 37.7 Å². The normalized spacial score (nSPS) is 18.8. The maximum absolute atomic E-state index is 12.7. The highest BCUT2D eigenvalue weighted by atomic mass is 35.5. The van der Waals surface area contributed by atoms with E-state index in [-0.39, 0.29) is 12.0 Å². The third kappa shape index (κ3) is 5.31. The Morgan fingerprint density at radius 3 is 2.76 bits per heavy atom. The van der Waals surface area contributed by atoms with E-state index in [2.05, 4.69) is 20.2 Å². The highest BCUT2D eigenvalue weighted by Crippen LogP contribution is 2.29. The Hall–Kier alpha value is -2.05. The lowest BCUT2D eigenvalue weighted by Crippen LogP contribution is -2.43. The summed E-state index contributed by atoms with van der Waals surface area (Å²) in [7, 11) is 0. The second-order valence-corrected chi connectivity index (χ2v) is 8.45. The summed E-state index contributed by atoms with van der Waals surface area (Å²) in [5, 5.41) is 3.49. The zero-order valence-electron chi connectivity index (χ0n) is 16.7. The quantitative estimate of drug-likeness (QED) is 0.719. The van der Waals surface area contributed by atoms with Crippen LogP contribution in [0.25, 0.3) is 0 Å². The van der Waals surface area contributed by atoms with E-state index in [1.165, 1.54) is 25.7 Å². The Labute approximate surface area is 177 Å². The molecule has 7 heteroatoms. The van der Waals surface area contributed by atoms with E-state index in [9.17, 15) is 4.79 Å². The molecule has 1 aromatic heterocycles. The predicted molar refractivity (Wildman–Crippen MR) is 114 cm³/mol. The Kier molecular flexibility index (Phi) is 6.72. The zero-order valence-corrected chi connectivity index (χ0v) is 17.5. The zero-order chi connectivity index (χ0) is 20.1. The van der Waals surface area contributed by atoms with Crippen LogP contribution in [0.1, 0.15) is 54.6 Å². The number of nitrogens with one attached hydrogen (secondary N) is 2. The highest BCUT2D eigenvalue weighted by molar-refractivity contribution is 6.31. The number of imidazole rings is 1. The van der Waals surface area contributed by atoms with Crippen LogP contribution >= 0.6 is 11.6 Å². The van der Waals surface area contributed by atoms with Crippen LogP contribution in [0.4, 0.5) is 0 Å². The standard InChI is InChI=1S/C22H29ClN4O2/c23-16-5-6-21(20(13-16)22(28)25-10-7-17-14-24-15-26-17)29-19-8-11-27(12-9-19)18-3-1-2-4-18/h5-6,13-15,18-19H,1-4,7-12H2,(H,24,26)(H,25,28). The van der Waals surface area contributed by atoms with Crippen molar-refractivity contribution in [2.45, 2.75) is 57.1 Å². The van der Waals surface area contributed by atoms with Gasteiger partial charge in [-0.1, -0.05) is 24.4 Å². The minimum Gasteiger partial charge on any atom is -0.489 e. The number of ether oxygens (including phenoxy) is 1. The van der Waals surface area contributed by atoms with Gasteiger partial charge in [-0.3, -0.25) is 4.79 Å². The molecule has 0 spiro atoms. The monoisotopic (exact) mass is 416 g/mol. The van der Waals surface area contributed by atoms with Crippen LogP contribution in [-0.2, 0) is 6.42 Å². The van der Waals surface area contributed by atoms with Gasteiger partial charge in [-0.15, -0.1) is 0 Å². The lowest BCUT2D eigenvalue weighted by atomic mass is 10.0. The fraction of sp³-hybridized carbons (Fsp3) is 0.545. The fourth-order valence-corrected chi connectivity index (χ4v) is 4.59. The summed E-state index contributed by atoms with van der Waals surface area (Å²) in [4.78, 5) is 22.4. The van der Waals surface area contributed by atoms with Crippen molar-refractivity contribution in [1.82, 2.24) is 20.2 Å². The smallest absolute Gasteiger partial charge is 0.255 e. The summed E-state index contributed by atoms with van der Waals surface area (Å²) in [6.45, 7) is 2.68. The van der Waals surface area contributed by atoms with Crippen LogP contribution in [0.2, 0.25) is 5.02 Å². The van der Waals surface area contributed by atoms with E-state index in [1.54, 1.807) is 24.7 Å². The molecule has 29 heavy (non-hydrogen) atoms. The van der Waals surface area contributed by atoms with Gasteiger partial charge in [0.2, 0.25) is 0 Å². The van der Waals surface area contributed by atoms with Crippen LogP contribution in [0.3, 0.4) is 0 Å². The molecule has 1 saturated carbocycles. The number of likely N-dealkylation sites (tertiary alicyclic amines) is 1. The predicted octanol–water partition coefficient (Wildman–Crippen LogP) is 3.82. The number of hydrogen-bond acceptors (Lipinski definition) is 4. The topological polar surface area (TPSA) is 70.2 Å². The first kappa shape index (κ1) is 20.2. The van der Waals surface area contributed by atoms with E-state index in [4.69, 9.17) is 16.3 Å². The number of hydrogen-bond donors (Lipinski definition) is 2. The van der Waals surface area contributed by atoms with Crippen LogP contribution in [0.5, 0.6) is 5.75 Å². The summed E-state index contributed by atoms with van der Waals surface area (Å²) >= 11 is 6.16. The molecule has 0 atom stereocenters. The van der Waals surface area contributed by atoms with Crippen molar-refractivity contribution >= 4 is 17.5 Å². The second-order valence-electron chi connectivity index (χ2n) is 8.01. The van der Waals surface area contributed by atoms with E-state index in [0.29, 0.717) is 29.3 Å². The van der Waals surface area contributed by atoms with Gasteiger partial charge in [-0.05, 0) is 43.9 Å². The Balaban J connectivity index is 1.33. The average molecular weight is 417 g/mol. The van der Waals surface area contributed by atoms with Gasteiger partial charge in [-0.2, -0.15) is 0 Å². The minimum atomic E-state index is -0.162. The molecule has 0 radical (unpaired) electrons. The number of H-pyrrole nitrogens is 1. The first-order valence-corrected chi connectivity index (χ1v) is 11.0. The molecule has 0 bridgehead atoms. The van der Waals surface area contributed by atoms with E-state index >= 15 is 0 Å². The van der Waals surface area contributed by atoms with E-state index < -0.39 is 0 Å². The number of benzene rings is 1. The Bertz CT molecular complexity index is 797. The number of halogens is 1. The molecule has 156 valence electrons. The van der Waals surface area contributed by atoms with Crippen LogP contribution in [-0.4, -0.2) is 52.6 Å². The van der Waals surface area contributed by atoms with Crippen molar-refractivity contribution in [3.05, 3.63) is 47.0 Å². The molecule has 4 rings (SSSR count). The summed E-state index contributed by atoms with van der Waals surface area (Å²) in [5.41, 5.74) is 1.49. The molecule has 1 amide bonds. The summed E-state index contributed by atoms with van der Waals surface area (Å²) in [6.07, 6.45) is 11.6. The first-order chi connectivity index (χ1) is 14.2. The number of rotatable bonds is 7. The molecule has 1 aliphatic heterocycles. The van der Waals surface area contributed by atoms with Crippen LogP contribution in [0, 0.1) is 0 Å². The lowest BCUT2D eigenvalue weighted by Gasteiger charge is -2.36. The van der Waals surface area contributed by atoms with Gasteiger partial charge in [0.1, 0.15) is 11.9 Å². The van der Waals surface area contributed by atoms with Gasteiger partial charge in [0.15, 0.2) is 0 Å². The number of aromatic amines is 1. The number of piperidine rings is 1. The third-order valence-electron chi connectivity index (χ3n) is 6.03. The molecular formula is C22H29ClN4O2. The largest absolute Gasteiger partial charge is 0.489 e. The Morgan fingerprint density at radius 2 is 2.03 bits per heavy atom. The number of aromatic nitrogens is 2. The van der Waals surface area contributed by atoms with Crippen molar-refractivity contribution < 1.29 is 9.53 Å². The molecule has 2 N–H and O–H groups in total. The molecule has 2 fully saturated rings. The van der Waals surface area contributed by atoms with Gasteiger partial charge < -0.3 is 19.9 Å². The molecule has 2 aliphatic rings. The highest BCUT2D eigenvalue weighted by Gasteiger charge is 2.28. The second kappa shape index (κ2) is 9.63. The summed E-state index contributed by atoms with van der Waals surface area (Å²) in [5.74, 6) is 0.457. The number of amides is 1. The van der Waals surface area contributed by atoms with Crippen molar-refractivity contribution in [2.75, 3.05) is 19.6 Å². The first-order valence-electron chi connectivity index (χ1n) is 10.6. The number of carbonyl (C=O) groups is 1. The van der Waals surface area contributed by atoms with Gasteiger partial charge >= 0.3 is 0 Å². The summed E-state index contributed by atoms with van der Waals surface area (Å²) in [6, 6.07) is 6.06. The Morgan fingerprint density at radius 1 is 1.24 bits per heavy atom. The molecule has 2 heterocycles. The van der Waals surface area contributed by atoms with E-state index in [1.807, 2.05) is 6.07 Å². The number of nitrogens with zero attached hydrogens (tertiary/aromatic N) is 2. The van der Waals surface area contributed by atoms with Crippen LogP contribution in [0.15, 0.2) is 30.7 Å².